The molecule has 32 heavy (non-hydrogen) atoms. The summed E-state index contributed by atoms with van der Waals surface area (Å²) in [5.74, 6) is -1.09. The highest BCUT2D eigenvalue weighted by Crippen LogP contribution is 2.21. The molecule has 0 saturated carbocycles. The summed E-state index contributed by atoms with van der Waals surface area (Å²) < 4.78 is 5.10. The van der Waals surface area contributed by atoms with Crippen LogP contribution in [-0.4, -0.2) is 59.3 Å². The SMILES string of the molecule is COc1ccc(C[C@H](NC(=O)C2=C[C@@H](NC(=O)c3cccs3)[C@@H](O)[C@H](O)C2)C(N)=O)cc1. The zero-order valence-electron chi connectivity index (χ0n) is 17.4. The Labute approximate surface area is 188 Å². The van der Waals surface area contributed by atoms with Gasteiger partial charge in [0.1, 0.15) is 17.9 Å². The zero-order valence-corrected chi connectivity index (χ0v) is 18.2. The normalized spacial score (nSPS) is 21.2. The molecule has 1 heterocycles. The fraction of sp³-hybridized carbons (Fsp3) is 0.318. The number of thiophene rings is 1. The van der Waals surface area contributed by atoms with Gasteiger partial charge < -0.3 is 31.3 Å². The second-order valence-electron chi connectivity index (χ2n) is 7.41. The van der Waals surface area contributed by atoms with Crippen LogP contribution in [0.25, 0.3) is 0 Å². The Hall–Kier alpha value is -3.21. The number of hydrogen-bond acceptors (Lipinski definition) is 7. The molecule has 0 radical (unpaired) electrons. The molecule has 0 saturated heterocycles. The number of amides is 3. The van der Waals surface area contributed by atoms with Gasteiger partial charge in [-0.2, -0.15) is 0 Å². The van der Waals surface area contributed by atoms with Gasteiger partial charge in [0.25, 0.3) is 5.91 Å². The molecule has 1 aliphatic rings. The lowest BCUT2D eigenvalue weighted by Gasteiger charge is -2.31. The molecule has 4 atom stereocenters. The first kappa shape index (κ1) is 23.5. The largest absolute Gasteiger partial charge is 0.497 e. The number of nitrogens with two attached hydrogens (primary N) is 1. The highest BCUT2D eigenvalue weighted by atomic mass is 32.1. The van der Waals surface area contributed by atoms with Gasteiger partial charge in [0.15, 0.2) is 0 Å². The topological polar surface area (TPSA) is 151 Å². The molecule has 170 valence electrons. The first-order chi connectivity index (χ1) is 15.3. The first-order valence-electron chi connectivity index (χ1n) is 9.92. The number of rotatable bonds is 8. The predicted octanol–water partition coefficient (Wildman–Crippen LogP) is 0.120. The fourth-order valence-corrected chi connectivity index (χ4v) is 3.99. The van der Waals surface area contributed by atoms with E-state index in [4.69, 9.17) is 10.5 Å². The van der Waals surface area contributed by atoms with E-state index in [1.165, 1.54) is 17.4 Å². The van der Waals surface area contributed by atoms with Crippen LogP contribution in [0.5, 0.6) is 5.75 Å². The molecule has 0 spiro atoms. The Bertz CT molecular complexity index is 990. The van der Waals surface area contributed by atoms with Crippen LogP contribution in [0.4, 0.5) is 0 Å². The molecule has 1 aliphatic carbocycles. The number of carbonyl (C=O) groups is 3. The van der Waals surface area contributed by atoms with Crippen molar-refractivity contribution in [3.8, 4) is 5.75 Å². The van der Waals surface area contributed by atoms with Crippen LogP contribution in [0.15, 0.2) is 53.4 Å². The molecule has 3 rings (SSSR count). The van der Waals surface area contributed by atoms with Gasteiger partial charge in [-0.1, -0.05) is 24.3 Å². The lowest BCUT2D eigenvalue weighted by molar-refractivity contribution is -0.125. The van der Waals surface area contributed by atoms with E-state index < -0.39 is 42.0 Å². The Morgan fingerprint density at radius 2 is 1.91 bits per heavy atom. The molecule has 1 aromatic carbocycles. The molecule has 2 aromatic rings. The summed E-state index contributed by atoms with van der Waals surface area (Å²) in [5.41, 5.74) is 6.38. The summed E-state index contributed by atoms with van der Waals surface area (Å²) in [7, 11) is 1.54. The van der Waals surface area contributed by atoms with Crippen LogP contribution >= 0.6 is 11.3 Å². The zero-order chi connectivity index (χ0) is 23.3. The summed E-state index contributed by atoms with van der Waals surface area (Å²) >= 11 is 1.23. The monoisotopic (exact) mass is 459 g/mol. The van der Waals surface area contributed by atoms with Crippen molar-refractivity contribution < 1.29 is 29.3 Å². The fourth-order valence-electron chi connectivity index (χ4n) is 3.37. The van der Waals surface area contributed by atoms with Crippen molar-refractivity contribution in [2.24, 2.45) is 5.73 Å². The molecule has 0 unspecified atom stereocenters. The number of aliphatic hydroxyl groups excluding tert-OH is 2. The minimum atomic E-state index is -1.28. The summed E-state index contributed by atoms with van der Waals surface area (Å²) in [6.07, 6.45) is -1.11. The maximum atomic E-state index is 12.8. The van der Waals surface area contributed by atoms with E-state index in [1.54, 1.807) is 48.9 Å². The van der Waals surface area contributed by atoms with E-state index in [2.05, 4.69) is 10.6 Å². The highest BCUT2D eigenvalue weighted by molar-refractivity contribution is 7.12. The maximum Gasteiger partial charge on any atom is 0.261 e. The van der Waals surface area contributed by atoms with Gasteiger partial charge in [0.05, 0.1) is 24.1 Å². The third kappa shape index (κ3) is 5.72. The van der Waals surface area contributed by atoms with Gasteiger partial charge in [0, 0.05) is 18.4 Å². The Balaban J connectivity index is 1.71. The maximum absolute atomic E-state index is 12.8. The average Bonchev–Trinajstić information content (AvgIpc) is 3.31. The number of nitrogens with one attached hydrogen (secondary N) is 2. The third-order valence-electron chi connectivity index (χ3n) is 5.15. The van der Waals surface area contributed by atoms with Crippen molar-refractivity contribution in [3.63, 3.8) is 0 Å². The van der Waals surface area contributed by atoms with E-state index in [0.717, 1.165) is 5.56 Å². The molecule has 0 fully saturated rings. The number of carbonyl (C=O) groups excluding carboxylic acids is 3. The number of methoxy groups -OCH3 is 1. The van der Waals surface area contributed by atoms with Gasteiger partial charge in [-0.15, -0.1) is 11.3 Å². The summed E-state index contributed by atoms with van der Waals surface area (Å²) in [5, 5.41) is 27.4. The number of benzene rings is 1. The molecule has 6 N–H and O–H groups in total. The van der Waals surface area contributed by atoms with Crippen LogP contribution in [0, 0.1) is 0 Å². The van der Waals surface area contributed by atoms with Crippen molar-refractivity contribution >= 4 is 29.1 Å². The van der Waals surface area contributed by atoms with Crippen molar-refractivity contribution in [3.05, 3.63) is 63.9 Å². The van der Waals surface area contributed by atoms with E-state index >= 15 is 0 Å². The van der Waals surface area contributed by atoms with Crippen LogP contribution in [0.3, 0.4) is 0 Å². The van der Waals surface area contributed by atoms with Gasteiger partial charge in [0.2, 0.25) is 11.8 Å². The van der Waals surface area contributed by atoms with Gasteiger partial charge in [-0.25, -0.2) is 0 Å². The molecular weight excluding hydrogens is 434 g/mol. The van der Waals surface area contributed by atoms with Crippen molar-refractivity contribution in [2.75, 3.05) is 7.11 Å². The summed E-state index contributed by atoms with van der Waals surface area (Å²) in [6, 6.07) is 8.37. The second kappa shape index (κ2) is 10.4. The van der Waals surface area contributed by atoms with Crippen LogP contribution in [0.1, 0.15) is 21.7 Å². The molecule has 1 aromatic heterocycles. The molecule has 3 amide bonds. The van der Waals surface area contributed by atoms with Crippen LogP contribution in [0.2, 0.25) is 0 Å². The van der Waals surface area contributed by atoms with Crippen molar-refractivity contribution in [1.29, 1.82) is 0 Å². The Morgan fingerprint density at radius 3 is 2.50 bits per heavy atom. The highest BCUT2D eigenvalue weighted by Gasteiger charge is 2.34. The molecule has 0 bridgehead atoms. The number of primary amides is 1. The summed E-state index contributed by atoms with van der Waals surface area (Å²) in [6.45, 7) is 0. The van der Waals surface area contributed by atoms with Crippen molar-refractivity contribution in [1.82, 2.24) is 10.6 Å². The number of ether oxygens (including phenoxy) is 1. The minimum absolute atomic E-state index is 0.133. The number of hydrogen-bond donors (Lipinski definition) is 5. The first-order valence-corrected chi connectivity index (χ1v) is 10.8. The quantitative estimate of drug-likeness (QED) is 0.378. The molecular formula is C22H25N3O6S. The lowest BCUT2D eigenvalue weighted by atomic mass is 9.89. The molecule has 10 heteroatoms. The van der Waals surface area contributed by atoms with Gasteiger partial charge in [-0.3, -0.25) is 14.4 Å². The predicted molar refractivity (Wildman–Crippen MR) is 118 cm³/mol. The van der Waals surface area contributed by atoms with Crippen LogP contribution < -0.4 is 21.1 Å². The Kier molecular flexibility index (Phi) is 7.62. The standard InChI is InChI=1S/C22H25N3O6S/c1-31-14-6-4-12(5-7-14)9-16(20(23)28)25-21(29)13-10-15(19(27)17(26)11-13)24-22(30)18-3-2-8-32-18/h2-8,10,15-17,19,26-27H,9,11H2,1H3,(H2,23,28)(H,24,30)(H,25,29)/t15-,16+,17-,19-/m1/s1. The van der Waals surface area contributed by atoms with Crippen molar-refractivity contribution in [2.45, 2.75) is 37.1 Å². The summed E-state index contributed by atoms with van der Waals surface area (Å²) in [4.78, 5) is 37.5. The second-order valence-corrected chi connectivity index (χ2v) is 8.36. The smallest absolute Gasteiger partial charge is 0.261 e. The average molecular weight is 460 g/mol. The van der Waals surface area contributed by atoms with Gasteiger partial charge >= 0.3 is 0 Å². The Morgan fingerprint density at radius 1 is 1.19 bits per heavy atom. The van der Waals surface area contributed by atoms with E-state index in [-0.39, 0.29) is 18.4 Å². The van der Waals surface area contributed by atoms with Crippen LogP contribution in [-0.2, 0) is 16.0 Å². The van der Waals surface area contributed by atoms with Gasteiger partial charge in [-0.05, 0) is 29.1 Å². The third-order valence-corrected chi connectivity index (χ3v) is 6.02. The van der Waals surface area contributed by atoms with E-state index in [9.17, 15) is 24.6 Å². The van der Waals surface area contributed by atoms with E-state index in [0.29, 0.717) is 10.6 Å². The number of aliphatic hydroxyl groups is 2. The minimum Gasteiger partial charge on any atom is -0.497 e. The lowest BCUT2D eigenvalue weighted by Crippen LogP contribution is -2.52. The molecule has 9 nitrogen and oxygen atoms in total. The molecule has 0 aliphatic heterocycles. The van der Waals surface area contributed by atoms with E-state index in [1.807, 2.05) is 0 Å².